The standard InChI is InChI=1S/C19H17ClN2O3/c1-11-4-3-5-16(12(11)2)21-17(23)8-9-22-18(24)14-7-6-13(20)10-15(14)19(22)25/h3-7,10H,8-9H2,1-2H3,(H,21,23). The molecule has 5 nitrogen and oxygen atoms in total. The monoisotopic (exact) mass is 356 g/mol. The summed E-state index contributed by atoms with van der Waals surface area (Å²) in [7, 11) is 0. The molecule has 0 aliphatic carbocycles. The first-order chi connectivity index (χ1) is 11.9. The minimum absolute atomic E-state index is 0.0284. The predicted molar refractivity (Wildman–Crippen MR) is 96.0 cm³/mol. The van der Waals surface area contributed by atoms with E-state index in [0.29, 0.717) is 10.6 Å². The highest BCUT2D eigenvalue weighted by Crippen LogP contribution is 2.26. The van der Waals surface area contributed by atoms with Crippen molar-refractivity contribution in [2.45, 2.75) is 20.3 Å². The molecule has 1 aliphatic heterocycles. The van der Waals surface area contributed by atoms with Crippen LogP contribution in [-0.4, -0.2) is 29.2 Å². The van der Waals surface area contributed by atoms with E-state index in [1.54, 1.807) is 6.07 Å². The Morgan fingerprint density at radius 1 is 1.08 bits per heavy atom. The Morgan fingerprint density at radius 3 is 2.56 bits per heavy atom. The van der Waals surface area contributed by atoms with Crippen LogP contribution in [0, 0.1) is 13.8 Å². The van der Waals surface area contributed by atoms with Crippen molar-refractivity contribution in [2.24, 2.45) is 0 Å². The highest BCUT2D eigenvalue weighted by molar-refractivity contribution is 6.32. The van der Waals surface area contributed by atoms with Gasteiger partial charge in [-0.3, -0.25) is 19.3 Å². The Morgan fingerprint density at radius 2 is 1.80 bits per heavy atom. The fraction of sp³-hybridized carbons (Fsp3) is 0.211. The number of benzene rings is 2. The number of amides is 3. The number of nitrogens with one attached hydrogen (secondary N) is 1. The van der Waals surface area contributed by atoms with Crippen molar-refractivity contribution in [2.75, 3.05) is 11.9 Å². The fourth-order valence-corrected chi connectivity index (χ4v) is 2.95. The van der Waals surface area contributed by atoms with Gasteiger partial charge in [-0.15, -0.1) is 0 Å². The summed E-state index contributed by atoms with van der Waals surface area (Å²) in [5.41, 5.74) is 3.41. The van der Waals surface area contributed by atoms with Gasteiger partial charge in [0.15, 0.2) is 0 Å². The van der Waals surface area contributed by atoms with Crippen LogP contribution in [-0.2, 0) is 4.79 Å². The van der Waals surface area contributed by atoms with E-state index in [9.17, 15) is 14.4 Å². The molecule has 0 radical (unpaired) electrons. The van der Waals surface area contributed by atoms with Crippen LogP contribution in [0.3, 0.4) is 0 Å². The van der Waals surface area contributed by atoms with Crippen molar-refractivity contribution in [1.82, 2.24) is 4.90 Å². The van der Waals surface area contributed by atoms with Crippen LogP contribution in [0.4, 0.5) is 5.69 Å². The molecule has 0 aromatic heterocycles. The molecule has 128 valence electrons. The molecule has 0 fully saturated rings. The number of fused-ring (bicyclic) bond motifs is 1. The molecule has 0 spiro atoms. The van der Waals surface area contributed by atoms with Gasteiger partial charge in [-0.25, -0.2) is 0 Å². The lowest BCUT2D eigenvalue weighted by Crippen LogP contribution is -2.32. The predicted octanol–water partition coefficient (Wildman–Crippen LogP) is 3.58. The van der Waals surface area contributed by atoms with Crippen molar-refractivity contribution in [3.63, 3.8) is 0 Å². The van der Waals surface area contributed by atoms with Crippen LogP contribution < -0.4 is 5.32 Å². The van der Waals surface area contributed by atoms with Crippen LogP contribution in [0.2, 0.25) is 5.02 Å². The smallest absolute Gasteiger partial charge is 0.261 e. The average molecular weight is 357 g/mol. The molecule has 0 bridgehead atoms. The van der Waals surface area contributed by atoms with Gasteiger partial charge in [0.05, 0.1) is 11.1 Å². The number of carbonyl (C=O) groups is 3. The normalized spacial score (nSPS) is 13.2. The zero-order valence-corrected chi connectivity index (χ0v) is 14.7. The van der Waals surface area contributed by atoms with Gasteiger partial charge in [0.1, 0.15) is 0 Å². The van der Waals surface area contributed by atoms with E-state index >= 15 is 0 Å². The third-order valence-corrected chi connectivity index (χ3v) is 4.61. The molecule has 3 rings (SSSR count). The van der Waals surface area contributed by atoms with Crippen molar-refractivity contribution >= 4 is 35.0 Å². The summed E-state index contributed by atoms with van der Waals surface area (Å²) in [6.45, 7) is 3.93. The van der Waals surface area contributed by atoms with Crippen LogP contribution in [0.25, 0.3) is 0 Å². The maximum atomic E-state index is 12.3. The number of imide groups is 1. The Hall–Kier alpha value is -2.66. The molecule has 0 unspecified atom stereocenters. The third kappa shape index (κ3) is 3.28. The van der Waals surface area contributed by atoms with Gasteiger partial charge in [-0.2, -0.15) is 0 Å². The van der Waals surface area contributed by atoms with Gasteiger partial charge in [0.25, 0.3) is 11.8 Å². The van der Waals surface area contributed by atoms with Crippen LogP contribution in [0.15, 0.2) is 36.4 Å². The summed E-state index contributed by atoms with van der Waals surface area (Å²) in [6.07, 6.45) is 0.0343. The van der Waals surface area contributed by atoms with Crippen molar-refractivity contribution < 1.29 is 14.4 Å². The third-order valence-electron chi connectivity index (χ3n) is 4.37. The van der Waals surface area contributed by atoms with Gasteiger partial charge >= 0.3 is 0 Å². The summed E-state index contributed by atoms with van der Waals surface area (Å²) in [6, 6.07) is 10.2. The first kappa shape index (κ1) is 17.2. The summed E-state index contributed by atoms with van der Waals surface area (Å²) in [5.74, 6) is -1.05. The summed E-state index contributed by atoms with van der Waals surface area (Å²) in [4.78, 5) is 37.9. The second kappa shape index (κ2) is 6.69. The lowest BCUT2D eigenvalue weighted by molar-refractivity contribution is -0.116. The maximum Gasteiger partial charge on any atom is 0.261 e. The van der Waals surface area contributed by atoms with E-state index in [-0.39, 0.29) is 24.4 Å². The van der Waals surface area contributed by atoms with E-state index in [2.05, 4.69) is 5.32 Å². The lowest BCUT2D eigenvalue weighted by Gasteiger charge is -2.14. The van der Waals surface area contributed by atoms with Gasteiger partial charge in [0, 0.05) is 23.7 Å². The number of aryl methyl sites for hydroxylation is 1. The largest absolute Gasteiger partial charge is 0.326 e. The molecule has 25 heavy (non-hydrogen) atoms. The van der Waals surface area contributed by atoms with Crippen molar-refractivity contribution in [3.8, 4) is 0 Å². The average Bonchev–Trinajstić information content (AvgIpc) is 2.80. The zero-order chi connectivity index (χ0) is 18.1. The minimum Gasteiger partial charge on any atom is -0.326 e. The van der Waals surface area contributed by atoms with E-state index in [4.69, 9.17) is 11.6 Å². The highest BCUT2D eigenvalue weighted by atomic mass is 35.5. The minimum atomic E-state index is -0.415. The Kier molecular flexibility index (Phi) is 4.59. The second-order valence-electron chi connectivity index (χ2n) is 6.00. The first-order valence-corrected chi connectivity index (χ1v) is 8.28. The molecule has 1 N–H and O–H groups in total. The lowest BCUT2D eigenvalue weighted by atomic mass is 10.1. The first-order valence-electron chi connectivity index (χ1n) is 7.90. The van der Waals surface area contributed by atoms with E-state index < -0.39 is 11.8 Å². The molecule has 0 saturated carbocycles. The molecular weight excluding hydrogens is 340 g/mol. The van der Waals surface area contributed by atoms with Gasteiger partial charge in [-0.05, 0) is 49.2 Å². The molecule has 0 atom stereocenters. The quantitative estimate of drug-likeness (QED) is 0.851. The fourth-order valence-electron chi connectivity index (χ4n) is 2.78. The summed E-state index contributed by atoms with van der Waals surface area (Å²) in [5, 5.41) is 3.22. The Labute approximate surface area is 150 Å². The number of hydrogen-bond donors (Lipinski definition) is 1. The van der Waals surface area contributed by atoms with Crippen molar-refractivity contribution in [3.05, 3.63) is 63.7 Å². The van der Waals surface area contributed by atoms with Gasteiger partial charge < -0.3 is 5.32 Å². The van der Waals surface area contributed by atoms with Crippen molar-refractivity contribution in [1.29, 1.82) is 0 Å². The zero-order valence-electron chi connectivity index (χ0n) is 13.9. The molecule has 1 heterocycles. The number of carbonyl (C=O) groups excluding carboxylic acids is 3. The molecule has 2 aromatic carbocycles. The van der Waals surface area contributed by atoms with Crippen LogP contribution >= 0.6 is 11.6 Å². The van der Waals surface area contributed by atoms with Gasteiger partial charge in [0.2, 0.25) is 5.91 Å². The topological polar surface area (TPSA) is 66.5 Å². The molecule has 2 aromatic rings. The molecule has 3 amide bonds. The second-order valence-corrected chi connectivity index (χ2v) is 6.43. The Bertz CT molecular complexity index is 892. The molecular formula is C19H17ClN2O3. The van der Waals surface area contributed by atoms with Crippen LogP contribution in [0.1, 0.15) is 38.3 Å². The maximum absolute atomic E-state index is 12.3. The molecule has 0 saturated heterocycles. The summed E-state index contributed by atoms with van der Waals surface area (Å²) < 4.78 is 0. The van der Waals surface area contributed by atoms with E-state index in [1.165, 1.54) is 12.1 Å². The molecule has 6 heteroatoms. The molecule has 1 aliphatic rings. The number of anilines is 1. The van der Waals surface area contributed by atoms with E-state index in [0.717, 1.165) is 21.7 Å². The number of nitrogens with zero attached hydrogens (tertiary/aromatic N) is 1. The SMILES string of the molecule is Cc1cccc(NC(=O)CCN2C(=O)c3ccc(Cl)cc3C2=O)c1C. The number of rotatable bonds is 4. The highest BCUT2D eigenvalue weighted by Gasteiger charge is 2.35. The number of halogens is 1. The number of hydrogen-bond acceptors (Lipinski definition) is 3. The Balaban J connectivity index is 1.66. The van der Waals surface area contributed by atoms with Gasteiger partial charge in [-0.1, -0.05) is 23.7 Å². The van der Waals surface area contributed by atoms with Crippen LogP contribution in [0.5, 0.6) is 0 Å². The van der Waals surface area contributed by atoms with E-state index in [1.807, 2.05) is 32.0 Å². The summed E-state index contributed by atoms with van der Waals surface area (Å²) >= 11 is 5.88.